The van der Waals surface area contributed by atoms with Gasteiger partial charge in [0.15, 0.2) is 0 Å². The predicted octanol–water partition coefficient (Wildman–Crippen LogP) is 0.941. The number of hydrogen-bond acceptors (Lipinski definition) is 4. The molecule has 5 nitrogen and oxygen atoms in total. The summed E-state index contributed by atoms with van der Waals surface area (Å²) < 4.78 is 0. The number of fused-ring (bicyclic) bond motifs is 1. The van der Waals surface area contributed by atoms with E-state index in [-0.39, 0.29) is 11.8 Å². The maximum Gasteiger partial charge on any atom is 0.227 e. The summed E-state index contributed by atoms with van der Waals surface area (Å²) in [6.45, 7) is 1.25. The highest BCUT2D eigenvalue weighted by Gasteiger charge is 2.29. The third kappa shape index (κ3) is 1.82. The molecule has 2 heterocycles. The van der Waals surface area contributed by atoms with Crippen molar-refractivity contribution in [3.63, 3.8) is 0 Å². The number of nitrogens with zero attached hydrogens (tertiary/aromatic N) is 3. The topological polar surface area (TPSA) is 72.1 Å². The van der Waals surface area contributed by atoms with E-state index in [4.69, 9.17) is 5.73 Å². The van der Waals surface area contributed by atoms with Crippen LogP contribution < -0.4 is 10.6 Å². The van der Waals surface area contributed by atoms with Crippen LogP contribution in [0, 0.1) is 5.92 Å². The molecule has 0 aliphatic carbocycles. The summed E-state index contributed by atoms with van der Waals surface area (Å²) in [4.78, 5) is 22.2. The van der Waals surface area contributed by atoms with E-state index in [0.29, 0.717) is 19.5 Å². The number of anilines is 1. The van der Waals surface area contributed by atoms with Gasteiger partial charge >= 0.3 is 0 Å². The van der Waals surface area contributed by atoms with Gasteiger partial charge in [-0.3, -0.25) is 14.8 Å². The second kappa shape index (κ2) is 4.34. The summed E-state index contributed by atoms with van der Waals surface area (Å²) in [5.74, 6) is 0.392. The molecule has 1 amide bonds. The molecule has 18 heavy (non-hydrogen) atoms. The molecule has 1 saturated heterocycles. The van der Waals surface area contributed by atoms with Crippen LogP contribution >= 0.6 is 0 Å². The molecule has 2 aromatic rings. The first-order valence-electron chi connectivity index (χ1n) is 5.99. The molecule has 92 valence electrons. The summed E-state index contributed by atoms with van der Waals surface area (Å²) >= 11 is 0. The Hall–Kier alpha value is -2.01. The molecular formula is C13H14N4O. The first-order chi connectivity index (χ1) is 8.78. The monoisotopic (exact) mass is 242 g/mol. The molecule has 1 unspecified atom stereocenters. The normalized spacial score (nSPS) is 19.7. The zero-order valence-corrected chi connectivity index (χ0v) is 9.91. The van der Waals surface area contributed by atoms with Crippen molar-refractivity contribution >= 4 is 22.6 Å². The lowest BCUT2D eigenvalue weighted by Crippen LogP contribution is -2.25. The van der Waals surface area contributed by atoms with Gasteiger partial charge in [0.25, 0.3) is 0 Å². The average molecular weight is 242 g/mol. The lowest BCUT2D eigenvalue weighted by atomic mass is 10.1. The van der Waals surface area contributed by atoms with E-state index < -0.39 is 0 Å². The second-order valence-corrected chi connectivity index (χ2v) is 4.54. The second-order valence-electron chi connectivity index (χ2n) is 4.54. The van der Waals surface area contributed by atoms with E-state index in [0.717, 1.165) is 16.7 Å². The number of aromatic nitrogens is 2. The molecule has 5 heteroatoms. The Balaban J connectivity index is 1.97. The zero-order valence-electron chi connectivity index (χ0n) is 9.91. The minimum absolute atomic E-state index is 0.133. The van der Waals surface area contributed by atoms with Crippen molar-refractivity contribution in [1.29, 1.82) is 0 Å². The van der Waals surface area contributed by atoms with Crippen LogP contribution in [-0.4, -0.2) is 29.0 Å². The lowest BCUT2D eigenvalue weighted by molar-refractivity contribution is -0.117. The van der Waals surface area contributed by atoms with E-state index in [9.17, 15) is 4.79 Å². The minimum atomic E-state index is 0.133. The summed E-state index contributed by atoms with van der Waals surface area (Å²) in [5, 5.41) is 0. The molecule has 0 spiro atoms. The van der Waals surface area contributed by atoms with Gasteiger partial charge in [-0.15, -0.1) is 0 Å². The minimum Gasteiger partial charge on any atom is -0.330 e. The number of carbonyl (C=O) groups is 1. The van der Waals surface area contributed by atoms with Gasteiger partial charge in [0.1, 0.15) is 0 Å². The highest BCUT2D eigenvalue weighted by atomic mass is 16.2. The van der Waals surface area contributed by atoms with Crippen LogP contribution in [0.5, 0.6) is 0 Å². The Kier molecular flexibility index (Phi) is 2.68. The van der Waals surface area contributed by atoms with E-state index in [2.05, 4.69) is 9.97 Å². The molecule has 3 rings (SSSR count). The third-order valence-corrected chi connectivity index (χ3v) is 3.30. The van der Waals surface area contributed by atoms with Gasteiger partial charge < -0.3 is 10.6 Å². The number of hydrogen-bond donors (Lipinski definition) is 1. The SMILES string of the molecule is NCC1CC(=O)N(c2ccc3nccnc3c2)C1. The Morgan fingerprint density at radius 2 is 2.06 bits per heavy atom. The van der Waals surface area contributed by atoms with Gasteiger partial charge in [0.05, 0.1) is 11.0 Å². The van der Waals surface area contributed by atoms with Crippen molar-refractivity contribution in [3.8, 4) is 0 Å². The standard InChI is InChI=1S/C13H14N4O/c14-7-9-5-13(18)17(8-9)10-1-2-11-12(6-10)16-4-3-15-11/h1-4,6,9H,5,7-8,14H2. The molecule has 0 saturated carbocycles. The van der Waals surface area contributed by atoms with Crippen LogP contribution in [0.3, 0.4) is 0 Å². The van der Waals surface area contributed by atoms with Gasteiger partial charge in [0.2, 0.25) is 5.91 Å². The largest absolute Gasteiger partial charge is 0.330 e. The van der Waals surface area contributed by atoms with E-state index in [1.807, 2.05) is 18.2 Å². The first kappa shape index (κ1) is 11.1. The van der Waals surface area contributed by atoms with E-state index in [1.54, 1.807) is 17.3 Å². The molecule has 1 aliphatic heterocycles. The lowest BCUT2D eigenvalue weighted by Gasteiger charge is -2.16. The number of amides is 1. The van der Waals surface area contributed by atoms with Crippen LogP contribution in [-0.2, 0) is 4.79 Å². The van der Waals surface area contributed by atoms with Crippen LogP contribution in [0.4, 0.5) is 5.69 Å². The van der Waals surface area contributed by atoms with E-state index in [1.165, 1.54) is 0 Å². The van der Waals surface area contributed by atoms with Gasteiger partial charge in [-0.1, -0.05) is 0 Å². The fourth-order valence-electron chi connectivity index (χ4n) is 2.31. The Morgan fingerprint density at radius 1 is 1.28 bits per heavy atom. The van der Waals surface area contributed by atoms with Crippen LogP contribution in [0.15, 0.2) is 30.6 Å². The fourth-order valence-corrected chi connectivity index (χ4v) is 2.31. The molecule has 1 fully saturated rings. The molecule has 1 aromatic heterocycles. The van der Waals surface area contributed by atoms with Gasteiger partial charge in [-0.05, 0) is 30.7 Å². The van der Waals surface area contributed by atoms with Crippen molar-refractivity contribution in [1.82, 2.24) is 9.97 Å². The molecule has 1 aromatic carbocycles. The Bertz CT molecular complexity index is 598. The number of rotatable bonds is 2. The predicted molar refractivity (Wildman–Crippen MR) is 69.1 cm³/mol. The Labute approximate surface area is 105 Å². The highest BCUT2D eigenvalue weighted by Crippen LogP contribution is 2.26. The van der Waals surface area contributed by atoms with Gasteiger partial charge in [0, 0.05) is 31.0 Å². The molecule has 2 N–H and O–H groups in total. The summed E-state index contributed by atoms with van der Waals surface area (Å²) in [6.07, 6.45) is 3.85. The Morgan fingerprint density at radius 3 is 2.78 bits per heavy atom. The quantitative estimate of drug-likeness (QED) is 0.850. The van der Waals surface area contributed by atoms with Crippen molar-refractivity contribution in [2.24, 2.45) is 11.7 Å². The first-order valence-corrected chi connectivity index (χ1v) is 5.99. The smallest absolute Gasteiger partial charge is 0.227 e. The highest BCUT2D eigenvalue weighted by molar-refractivity contribution is 5.97. The van der Waals surface area contributed by atoms with E-state index >= 15 is 0 Å². The van der Waals surface area contributed by atoms with Crippen molar-refractivity contribution in [3.05, 3.63) is 30.6 Å². The van der Waals surface area contributed by atoms with Crippen molar-refractivity contribution in [2.45, 2.75) is 6.42 Å². The van der Waals surface area contributed by atoms with Crippen molar-refractivity contribution < 1.29 is 4.79 Å². The van der Waals surface area contributed by atoms with Crippen LogP contribution in [0.25, 0.3) is 11.0 Å². The zero-order chi connectivity index (χ0) is 12.5. The number of benzene rings is 1. The fraction of sp³-hybridized carbons (Fsp3) is 0.308. The maximum atomic E-state index is 11.9. The summed E-state index contributed by atoms with van der Waals surface area (Å²) in [7, 11) is 0. The summed E-state index contributed by atoms with van der Waals surface area (Å²) in [5.41, 5.74) is 8.15. The van der Waals surface area contributed by atoms with Gasteiger partial charge in [-0.2, -0.15) is 0 Å². The molecule has 0 bridgehead atoms. The summed E-state index contributed by atoms with van der Waals surface area (Å²) in [6, 6.07) is 5.70. The number of nitrogens with two attached hydrogens (primary N) is 1. The average Bonchev–Trinajstić information content (AvgIpc) is 2.79. The van der Waals surface area contributed by atoms with Crippen LogP contribution in [0.1, 0.15) is 6.42 Å². The molecule has 1 atom stereocenters. The van der Waals surface area contributed by atoms with Crippen molar-refractivity contribution in [2.75, 3.05) is 18.0 Å². The third-order valence-electron chi connectivity index (χ3n) is 3.30. The number of carbonyl (C=O) groups excluding carboxylic acids is 1. The van der Waals surface area contributed by atoms with Crippen LogP contribution in [0.2, 0.25) is 0 Å². The maximum absolute atomic E-state index is 11.9. The molecule has 1 aliphatic rings. The molecular weight excluding hydrogens is 228 g/mol. The van der Waals surface area contributed by atoms with Gasteiger partial charge in [-0.25, -0.2) is 0 Å². The molecule has 0 radical (unpaired) electrons.